The number of nitrogens with zero attached hydrogens (tertiary/aromatic N) is 1. The molecule has 1 saturated heterocycles. The summed E-state index contributed by atoms with van der Waals surface area (Å²) >= 11 is 1.32. The number of furan rings is 1. The molecule has 21 heavy (non-hydrogen) atoms. The van der Waals surface area contributed by atoms with E-state index >= 15 is 0 Å². The predicted molar refractivity (Wildman–Crippen MR) is 85.1 cm³/mol. The summed E-state index contributed by atoms with van der Waals surface area (Å²) in [6, 6.07) is 13.2. The number of amidine groups is 1. The Morgan fingerprint density at radius 1 is 1.14 bits per heavy atom. The van der Waals surface area contributed by atoms with Gasteiger partial charge in [0.15, 0.2) is 5.17 Å². The van der Waals surface area contributed by atoms with Crippen LogP contribution in [0.3, 0.4) is 0 Å². The Hall–Kier alpha value is -2.53. The number of nitrogens with one attached hydrogen (secondary N) is 1. The maximum absolute atomic E-state index is 11.8. The highest BCUT2D eigenvalue weighted by Crippen LogP contribution is 2.26. The van der Waals surface area contributed by atoms with Crippen LogP contribution in [0.2, 0.25) is 0 Å². The van der Waals surface area contributed by atoms with E-state index in [9.17, 15) is 4.79 Å². The number of rotatable bonds is 3. The second kappa shape index (κ2) is 6.28. The van der Waals surface area contributed by atoms with Crippen LogP contribution < -0.4 is 5.32 Å². The van der Waals surface area contributed by atoms with Crippen LogP contribution in [0, 0.1) is 0 Å². The fourth-order valence-corrected chi connectivity index (χ4v) is 2.52. The number of thioether (sulfide) groups is 1. The zero-order valence-corrected chi connectivity index (χ0v) is 11.8. The Balaban J connectivity index is 1.71. The Kier molecular flexibility index (Phi) is 4.02. The van der Waals surface area contributed by atoms with Crippen molar-refractivity contribution in [1.29, 1.82) is 0 Å². The predicted octanol–water partition coefficient (Wildman–Crippen LogP) is 3.73. The summed E-state index contributed by atoms with van der Waals surface area (Å²) in [5.41, 5.74) is 0.813. The molecule has 4 nitrogen and oxygen atoms in total. The molecule has 1 aromatic heterocycles. The molecule has 0 saturated carbocycles. The van der Waals surface area contributed by atoms with Gasteiger partial charge < -0.3 is 9.73 Å². The molecule has 0 radical (unpaired) electrons. The first-order valence-electron chi connectivity index (χ1n) is 6.36. The lowest BCUT2D eigenvalue weighted by Gasteiger charge is -1.94. The molecule has 1 aliphatic rings. The van der Waals surface area contributed by atoms with Crippen molar-refractivity contribution in [3.8, 4) is 0 Å². The largest absolute Gasteiger partial charge is 0.465 e. The van der Waals surface area contributed by atoms with Crippen LogP contribution in [0.25, 0.3) is 6.08 Å². The van der Waals surface area contributed by atoms with E-state index in [-0.39, 0.29) is 5.91 Å². The average Bonchev–Trinajstić information content (AvgIpc) is 3.11. The quantitative estimate of drug-likeness (QED) is 0.878. The van der Waals surface area contributed by atoms with Gasteiger partial charge in [-0.3, -0.25) is 4.79 Å². The molecular weight excluding hydrogens is 284 g/mol. The monoisotopic (exact) mass is 296 g/mol. The van der Waals surface area contributed by atoms with Crippen LogP contribution in [0.5, 0.6) is 0 Å². The number of para-hydroxylation sites is 1. The summed E-state index contributed by atoms with van der Waals surface area (Å²) in [7, 11) is 0. The van der Waals surface area contributed by atoms with Crippen LogP contribution in [-0.2, 0) is 4.79 Å². The van der Waals surface area contributed by atoms with E-state index in [1.165, 1.54) is 11.8 Å². The molecule has 104 valence electrons. The van der Waals surface area contributed by atoms with E-state index in [1.54, 1.807) is 24.5 Å². The summed E-state index contributed by atoms with van der Waals surface area (Å²) < 4.78 is 5.18. The van der Waals surface area contributed by atoms with Gasteiger partial charge in [-0.05, 0) is 48.2 Å². The number of hydrogen-bond donors (Lipinski definition) is 1. The first kappa shape index (κ1) is 13.5. The zero-order chi connectivity index (χ0) is 14.5. The third-order valence-corrected chi connectivity index (χ3v) is 3.62. The van der Waals surface area contributed by atoms with E-state index in [1.807, 2.05) is 42.5 Å². The summed E-state index contributed by atoms with van der Waals surface area (Å²) in [4.78, 5) is 16.8. The molecule has 0 atom stereocenters. The average molecular weight is 296 g/mol. The Morgan fingerprint density at radius 2 is 2.00 bits per heavy atom. The normalized spacial score (nSPS) is 18.8. The fourth-order valence-electron chi connectivity index (χ4n) is 1.73. The number of amides is 1. The highest BCUT2D eigenvalue weighted by atomic mass is 32.2. The minimum atomic E-state index is -0.140. The van der Waals surface area contributed by atoms with Crippen molar-refractivity contribution in [1.82, 2.24) is 5.32 Å². The van der Waals surface area contributed by atoms with Crippen LogP contribution in [0.1, 0.15) is 5.76 Å². The zero-order valence-electron chi connectivity index (χ0n) is 11.0. The molecule has 1 aliphatic heterocycles. The molecule has 1 aromatic carbocycles. The second-order valence-corrected chi connectivity index (χ2v) is 5.24. The Labute approximate surface area is 126 Å². The number of hydrogen-bond acceptors (Lipinski definition) is 4. The van der Waals surface area contributed by atoms with Gasteiger partial charge in [0.2, 0.25) is 0 Å². The second-order valence-electron chi connectivity index (χ2n) is 4.21. The maximum atomic E-state index is 11.8. The van der Waals surface area contributed by atoms with Crippen molar-refractivity contribution in [2.75, 3.05) is 0 Å². The first-order chi connectivity index (χ1) is 10.3. The number of aliphatic imine (C=N–C) groups is 1. The number of carbonyl (C=O) groups is 1. The SMILES string of the molecule is O=C1N/C(=N/c2ccccc2)S/C1=C/C=C/c1ccco1. The molecule has 0 unspecified atom stereocenters. The number of carbonyl (C=O) groups excluding carboxylic acids is 1. The van der Waals surface area contributed by atoms with Crippen molar-refractivity contribution in [2.45, 2.75) is 0 Å². The third-order valence-electron chi connectivity index (χ3n) is 2.69. The van der Waals surface area contributed by atoms with Gasteiger partial charge in [-0.2, -0.15) is 0 Å². The van der Waals surface area contributed by atoms with Crippen LogP contribution >= 0.6 is 11.8 Å². The molecule has 2 heterocycles. The lowest BCUT2D eigenvalue weighted by molar-refractivity contribution is -0.115. The van der Waals surface area contributed by atoms with E-state index < -0.39 is 0 Å². The standard InChI is InChI=1S/C16H12N2O2S/c19-15-14(10-4-8-13-9-5-11-20-13)21-16(18-15)17-12-6-2-1-3-7-12/h1-11H,(H,17,18,19)/b8-4+,14-10+. The third kappa shape index (κ3) is 3.52. The van der Waals surface area contributed by atoms with Crippen LogP contribution in [0.4, 0.5) is 5.69 Å². The smallest absolute Gasteiger partial charge is 0.264 e. The molecule has 1 fully saturated rings. The highest BCUT2D eigenvalue weighted by molar-refractivity contribution is 8.18. The maximum Gasteiger partial charge on any atom is 0.264 e. The lowest BCUT2D eigenvalue weighted by atomic mass is 10.3. The first-order valence-corrected chi connectivity index (χ1v) is 7.18. The number of benzene rings is 1. The topological polar surface area (TPSA) is 54.6 Å². The number of allylic oxidation sites excluding steroid dienone is 2. The van der Waals surface area contributed by atoms with Gasteiger partial charge in [0.25, 0.3) is 5.91 Å². The van der Waals surface area contributed by atoms with Crippen molar-refractivity contribution in [2.24, 2.45) is 4.99 Å². The molecule has 0 bridgehead atoms. The molecule has 0 spiro atoms. The lowest BCUT2D eigenvalue weighted by Crippen LogP contribution is -2.19. The minimum absolute atomic E-state index is 0.140. The van der Waals surface area contributed by atoms with Crippen molar-refractivity contribution < 1.29 is 9.21 Å². The van der Waals surface area contributed by atoms with E-state index in [2.05, 4.69) is 10.3 Å². The van der Waals surface area contributed by atoms with Crippen LogP contribution in [0.15, 0.2) is 75.2 Å². The Bertz CT molecular complexity index is 716. The van der Waals surface area contributed by atoms with Gasteiger partial charge in [0.1, 0.15) is 5.76 Å². The van der Waals surface area contributed by atoms with Gasteiger partial charge >= 0.3 is 0 Å². The summed E-state index contributed by atoms with van der Waals surface area (Å²) in [5.74, 6) is 0.604. The molecule has 3 rings (SSSR count). The minimum Gasteiger partial charge on any atom is -0.465 e. The molecule has 1 N–H and O–H groups in total. The molecular formula is C16H12N2O2S. The van der Waals surface area contributed by atoms with Gasteiger partial charge in [-0.25, -0.2) is 4.99 Å². The van der Waals surface area contributed by atoms with Crippen molar-refractivity contribution in [3.63, 3.8) is 0 Å². The molecule has 0 aliphatic carbocycles. The summed E-state index contributed by atoms with van der Waals surface area (Å²) in [6.07, 6.45) is 6.93. The highest BCUT2D eigenvalue weighted by Gasteiger charge is 2.22. The summed E-state index contributed by atoms with van der Waals surface area (Å²) in [5, 5.41) is 3.33. The Morgan fingerprint density at radius 3 is 2.76 bits per heavy atom. The van der Waals surface area contributed by atoms with Gasteiger partial charge in [0, 0.05) is 0 Å². The van der Waals surface area contributed by atoms with E-state index in [0.29, 0.717) is 10.1 Å². The van der Waals surface area contributed by atoms with Crippen molar-refractivity contribution >= 4 is 34.6 Å². The van der Waals surface area contributed by atoms with Gasteiger partial charge in [0.05, 0.1) is 16.9 Å². The van der Waals surface area contributed by atoms with Gasteiger partial charge in [-0.15, -0.1) is 0 Å². The molecule has 5 heteroatoms. The molecule has 1 amide bonds. The van der Waals surface area contributed by atoms with Crippen LogP contribution in [-0.4, -0.2) is 11.1 Å². The molecule has 2 aromatic rings. The van der Waals surface area contributed by atoms with Crippen molar-refractivity contribution in [3.05, 3.63) is 71.5 Å². The van der Waals surface area contributed by atoms with Gasteiger partial charge in [-0.1, -0.05) is 24.3 Å². The summed E-state index contributed by atoms with van der Waals surface area (Å²) in [6.45, 7) is 0. The van der Waals surface area contributed by atoms with E-state index in [0.717, 1.165) is 11.4 Å². The fraction of sp³-hybridized carbons (Fsp3) is 0. The van der Waals surface area contributed by atoms with E-state index in [4.69, 9.17) is 4.42 Å².